The normalized spacial score (nSPS) is 10.2. The van der Waals surface area contributed by atoms with Crippen molar-refractivity contribution >= 4 is 39.3 Å². The van der Waals surface area contributed by atoms with Crippen LogP contribution in [-0.2, 0) is 4.79 Å². The topological polar surface area (TPSA) is 85.9 Å². The zero-order valence-corrected chi connectivity index (χ0v) is 19.2. The first-order valence-corrected chi connectivity index (χ1v) is 10.8. The van der Waals surface area contributed by atoms with Crippen LogP contribution < -0.4 is 25.1 Å². The Bertz CT molecular complexity index is 1070. The molecule has 0 radical (unpaired) electrons. The van der Waals surface area contributed by atoms with Gasteiger partial charge in [0.25, 0.3) is 11.8 Å². The summed E-state index contributed by atoms with van der Waals surface area (Å²) < 4.78 is 17.4. The fourth-order valence-electron chi connectivity index (χ4n) is 2.57. The number of halogens is 2. The molecule has 7 nitrogen and oxygen atoms in total. The van der Waals surface area contributed by atoms with Gasteiger partial charge in [-0.3, -0.25) is 20.4 Å². The van der Waals surface area contributed by atoms with E-state index >= 15 is 0 Å². The molecule has 2 amide bonds. The van der Waals surface area contributed by atoms with Crippen molar-refractivity contribution in [1.82, 2.24) is 10.9 Å². The van der Waals surface area contributed by atoms with Gasteiger partial charge in [0.05, 0.1) is 10.6 Å². The number of carbonyl (C=O) groups is 2. The number of hydrazine groups is 1. The number of ether oxygens (including phenoxy) is 3. The SMILES string of the molecule is O=C(COc1ccc(Br)cc1Cl)NNC(=O)c1ccccc1OCCOc1ccccc1. The van der Waals surface area contributed by atoms with Gasteiger partial charge in [0.2, 0.25) is 0 Å². The van der Waals surface area contributed by atoms with Crippen molar-refractivity contribution < 1.29 is 23.8 Å². The molecule has 3 rings (SSSR count). The molecule has 0 fully saturated rings. The highest BCUT2D eigenvalue weighted by Gasteiger charge is 2.14. The van der Waals surface area contributed by atoms with Gasteiger partial charge in [-0.15, -0.1) is 0 Å². The molecule has 32 heavy (non-hydrogen) atoms. The van der Waals surface area contributed by atoms with Gasteiger partial charge < -0.3 is 14.2 Å². The molecule has 0 unspecified atom stereocenters. The highest BCUT2D eigenvalue weighted by atomic mass is 79.9. The maximum absolute atomic E-state index is 12.5. The van der Waals surface area contributed by atoms with E-state index in [1.54, 1.807) is 42.5 Å². The molecule has 9 heteroatoms. The van der Waals surface area contributed by atoms with Crippen LogP contribution in [0.3, 0.4) is 0 Å². The standard InChI is InChI=1S/C23H20BrClN2O5/c24-16-10-11-21(19(25)14-16)32-15-22(28)26-27-23(29)18-8-4-5-9-20(18)31-13-12-30-17-6-2-1-3-7-17/h1-11,14H,12-13,15H2,(H,26,28)(H,27,29). The van der Waals surface area contributed by atoms with Crippen molar-refractivity contribution in [2.24, 2.45) is 0 Å². The fraction of sp³-hybridized carbons (Fsp3) is 0.130. The Morgan fingerprint density at radius 1 is 0.812 bits per heavy atom. The van der Waals surface area contributed by atoms with Gasteiger partial charge in [-0.2, -0.15) is 0 Å². The van der Waals surface area contributed by atoms with Gasteiger partial charge in [0.15, 0.2) is 6.61 Å². The molecule has 0 bridgehead atoms. The monoisotopic (exact) mass is 518 g/mol. The summed E-state index contributed by atoms with van der Waals surface area (Å²) in [6, 6.07) is 21.1. The van der Waals surface area contributed by atoms with Gasteiger partial charge in [0, 0.05) is 4.47 Å². The fourth-order valence-corrected chi connectivity index (χ4v) is 3.30. The third-order valence-corrected chi connectivity index (χ3v) is 4.84. The lowest BCUT2D eigenvalue weighted by Gasteiger charge is -2.13. The molecule has 3 aromatic rings. The second-order valence-electron chi connectivity index (χ2n) is 6.37. The highest BCUT2D eigenvalue weighted by molar-refractivity contribution is 9.10. The molecule has 166 valence electrons. The van der Waals surface area contributed by atoms with Crippen LogP contribution in [-0.4, -0.2) is 31.6 Å². The molecule has 0 spiro atoms. The van der Waals surface area contributed by atoms with Gasteiger partial charge in [0.1, 0.15) is 30.5 Å². The molecule has 0 heterocycles. The minimum atomic E-state index is -0.549. The van der Waals surface area contributed by atoms with Crippen LogP contribution in [0, 0.1) is 0 Å². The number of nitrogens with one attached hydrogen (secondary N) is 2. The first-order chi connectivity index (χ1) is 15.5. The van der Waals surface area contributed by atoms with Crippen molar-refractivity contribution in [2.45, 2.75) is 0 Å². The molecule has 2 N–H and O–H groups in total. The minimum Gasteiger partial charge on any atom is -0.490 e. The van der Waals surface area contributed by atoms with E-state index in [-0.39, 0.29) is 18.8 Å². The molecule has 0 atom stereocenters. The third kappa shape index (κ3) is 7.18. The van der Waals surface area contributed by atoms with E-state index in [4.69, 9.17) is 25.8 Å². The van der Waals surface area contributed by atoms with E-state index in [9.17, 15) is 9.59 Å². The van der Waals surface area contributed by atoms with Gasteiger partial charge in [-0.1, -0.05) is 57.9 Å². The summed E-state index contributed by atoms with van der Waals surface area (Å²) in [6.07, 6.45) is 0. The van der Waals surface area contributed by atoms with Crippen LogP contribution in [0.25, 0.3) is 0 Å². The predicted molar refractivity (Wildman–Crippen MR) is 124 cm³/mol. The summed E-state index contributed by atoms with van der Waals surface area (Å²) in [5.74, 6) is 0.379. The maximum atomic E-state index is 12.5. The Labute approximate surface area is 198 Å². The van der Waals surface area contributed by atoms with Crippen molar-refractivity contribution in [3.8, 4) is 17.2 Å². The van der Waals surface area contributed by atoms with Crippen LogP contribution in [0.15, 0.2) is 77.3 Å². The number of para-hydroxylation sites is 2. The molecule has 0 aliphatic rings. The Morgan fingerprint density at radius 2 is 1.53 bits per heavy atom. The van der Waals surface area contributed by atoms with Crippen LogP contribution in [0.1, 0.15) is 10.4 Å². The molecular formula is C23H20BrClN2O5. The number of hydrogen-bond donors (Lipinski definition) is 2. The van der Waals surface area contributed by atoms with E-state index in [0.717, 1.165) is 10.2 Å². The van der Waals surface area contributed by atoms with E-state index in [2.05, 4.69) is 26.8 Å². The molecule has 3 aromatic carbocycles. The van der Waals surface area contributed by atoms with Crippen LogP contribution in [0.2, 0.25) is 5.02 Å². The number of carbonyl (C=O) groups excluding carboxylic acids is 2. The zero-order valence-electron chi connectivity index (χ0n) is 16.8. The third-order valence-electron chi connectivity index (χ3n) is 4.05. The Morgan fingerprint density at radius 3 is 2.31 bits per heavy atom. The Kier molecular flexibility index (Phi) is 8.77. The highest BCUT2D eigenvalue weighted by Crippen LogP contribution is 2.27. The average molecular weight is 520 g/mol. The van der Waals surface area contributed by atoms with Gasteiger partial charge in [-0.05, 0) is 42.5 Å². The van der Waals surface area contributed by atoms with Crippen molar-refractivity contribution in [3.63, 3.8) is 0 Å². The summed E-state index contributed by atoms with van der Waals surface area (Å²) >= 11 is 9.34. The summed E-state index contributed by atoms with van der Waals surface area (Å²) in [5, 5.41) is 0.360. The molecule has 0 aliphatic carbocycles. The van der Waals surface area contributed by atoms with Crippen LogP contribution in [0.5, 0.6) is 17.2 Å². The summed E-state index contributed by atoms with van der Waals surface area (Å²) in [5.41, 5.74) is 4.92. The predicted octanol–water partition coefficient (Wildman–Crippen LogP) is 4.40. The molecule has 0 aromatic heterocycles. The number of benzene rings is 3. The molecule has 0 aliphatic heterocycles. The van der Waals surface area contributed by atoms with Crippen molar-refractivity contribution in [2.75, 3.05) is 19.8 Å². The second kappa shape index (κ2) is 12.0. The summed E-state index contributed by atoms with van der Waals surface area (Å²) in [6.45, 7) is 0.233. The molecule has 0 saturated carbocycles. The van der Waals surface area contributed by atoms with Crippen LogP contribution in [0.4, 0.5) is 0 Å². The van der Waals surface area contributed by atoms with Crippen LogP contribution >= 0.6 is 27.5 Å². The summed E-state index contributed by atoms with van der Waals surface area (Å²) in [7, 11) is 0. The smallest absolute Gasteiger partial charge is 0.276 e. The van der Waals surface area contributed by atoms with Gasteiger partial charge >= 0.3 is 0 Å². The Hall–Kier alpha value is -3.23. The summed E-state index contributed by atoms with van der Waals surface area (Å²) in [4.78, 5) is 24.5. The first kappa shape index (κ1) is 23.4. The maximum Gasteiger partial charge on any atom is 0.276 e. The Balaban J connectivity index is 1.45. The zero-order chi connectivity index (χ0) is 22.8. The number of amides is 2. The quantitative estimate of drug-likeness (QED) is 0.323. The first-order valence-electron chi connectivity index (χ1n) is 9.59. The van der Waals surface area contributed by atoms with Gasteiger partial charge in [-0.25, -0.2) is 0 Å². The minimum absolute atomic E-state index is 0.243. The second-order valence-corrected chi connectivity index (χ2v) is 7.69. The number of hydrogen-bond acceptors (Lipinski definition) is 5. The van der Waals surface area contributed by atoms with Crippen molar-refractivity contribution in [3.05, 3.63) is 87.9 Å². The van der Waals surface area contributed by atoms with Crippen molar-refractivity contribution in [1.29, 1.82) is 0 Å². The van der Waals surface area contributed by atoms with E-state index < -0.39 is 11.8 Å². The lowest BCUT2D eigenvalue weighted by molar-refractivity contribution is -0.123. The average Bonchev–Trinajstić information content (AvgIpc) is 2.80. The molecule has 0 saturated heterocycles. The lowest BCUT2D eigenvalue weighted by atomic mass is 10.2. The molecular weight excluding hydrogens is 500 g/mol. The lowest BCUT2D eigenvalue weighted by Crippen LogP contribution is -2.44. The van der Waals surface area contributed by atoms with E-state index in [0.29, 0.717) is 23.1 Å². The van der Waals surface area contributed by atoms with E-state index in [1.165, 1.54) is 0 Å². The number of rotatable bonds is 9. The van der Waals surface area contributed by atoms with E-state index in [1.807, 2.05) is 30.3 Å². The largest absolute Gasteiger partial charge is 0.490 e.